The predicted octanol–water partition coefficient (Wildman–Crippen LogP) is 1.63. The van der Waals surface area contributed by atoms with Crippen LogP contribution in [-0.2, 0) is 16.0 Å². The number of carbonyl (C=O) groups excluding carboxylic acids is 1. The zero-order chi connectivity index (χ0) is 15.2. The van der Waals surface area contributed by atoms with Crippen molar-refractivity contribution in [1.29, 1.82) is 0 Å². The molecule has 2 aromatic rings. The SMILES string of the molecule is O=C(O)Cc1csc(=NC(=O)CSc2ccccc2)n1O. The summed E-state index contributed by atoms with van der Waals surface area (Å²) in [5.41, 5.74) is 0.190. The van der Waals surface area contributed by atoms with Crippen LogP contribution >= 0.6 is 23.1 Å². The molecule has 1 heterocycles. The molecule has 0 atom stereocenters. The van der Waals surface area contributed by atoms with Crippen molar-refractivity contribution < 1.29 is 19.9 Å². The Balaban J connectivity index is 2.04. The van der Waals surface area contributed by atoms with E-state index in [0.717, 1.165) is 16.2 Å². The molecule has 1 aromatic carbocycles. The van der Waals surface area contributed by atoms with Crippen LogP contribution in [0.2, 0.25) is 0 Å². The number of hydrogen-bond donors (Lipinski definition) is 2. The zero-order valence-electron chi connectivity index (χ0n) is 10.8. The first-order valence-corrected chi connectivity index (χ1v) is 7.78. The van der Waals surface area contributed by atoms with Crippen molar-refractivity contribution >= 4 is 35.0 Å². The smallest absolute Gasteiger partial charge is 0.309 e. The molecular formula is C13H12N2O4S2. The van der Waals surface area contributed by atoms with Gasteiger partial charge in [0.05, 0.1) is 17.9 Å². The van der Waals surface area contributed by atoms with Crippen molar-refractivity contribution in [3.63, 3.8) is 0 Å². The standard InChI is InChI=1S/C13H12N2O4S2/c16-11(8-20-10-4-2-1-3-5-10)14-13-15(19)9(7-21-13)6-12(17)18/h1-5,7,19H,6,8H2,(H,17,18). The number of aliphatic carboxylic acids is 1. The van der Waals surface area contributed by atoms with Crippen molar-refractivity contribution in [2.75, 3.05) is 5.75 Å². The van der Waals surface area contributed by atoms with Gasteiger partial charge < -0.3 is 10.3 Å². The van der Waals surface area contributed by atoms with E-state index in [1.165, 1.54) is 17.1 Å². The number of aromatic nitrogens is 1. The van der Waals surface area contributed by atoms with Gasteiger partial charge in [0.2, 0.25) is 4.80 Å². The maximum absolute atomic E-state index is 11.7. The van der Waals surface area contributed by atoms with Gasteiger partial charge in [-0.2, -0.15) is 9.72 Å². The van der Waals surface area contributed by atoms with Crippen LogP contribution in [0.1, 0.15) is 5.69 Å². The van der Waals surface area contributed by atoms with Crippen LogP contribution in [-0.4, -0.2) is 32.7 Å². The van der Waals surface area contributed by atoms with Gasteiger partial charge in [-0.15, -0.1) is 23.1 Å². The maximum Gasteiger partial charge on any atom is 0.309 e. The molecule has 0 radical (unpaired) electrons. The molecule has 2 N–H and O–H groups in total. The predicted molar refractivity (Wildman–Crippen MR) is 78.6 cm³/mol. The molecule has 110 valence electrons. The Morgan fingerprint density at radius 2 is 2.00 bits per heavy atom. The second-order valence-electron chi connectivity index (χ2n) is 4.00. The van der Waals surface area contributed by atoms with E-state index in [0.29, 0.717) is 4.73 Å². The molecule has 0 spiro atoms. The monoisotopic (exact) mass is 324 g/mol. The van der Waals surface area contributed by atoms with Crippen molar-refractivity contribution in [2.24, 2.45) is 4.99 Å². The first-order valence-electron chi connectivity index (χ1n) is 5.92. The van der Waals surface area contributed by atoms with E-state index in [2.05, 4.69) is 4.99 Å². The molecule has 1 aromatic heterocycles. The lowest BCUT2D eigenvalue weighted by atomic mass is 10.3. The van der Waals surface area contributed by atoms with E-state index in [9.17, 15) is 14.8 Å². The normalized spacial score (nSPS) is 11.5. The summed E-state index contributed by atoms with van der Waals surface area (Å²) in [7, 11) is 0. The summed E-state index contributed by atoms with van der Waals surface area (Å²) in [6, 6.07) is 9.42. The molecule has 0 saturated heterocycles. The van der Waals surface area contributed by atoms with Crippen LogP contribution in [0.15, 0.2) is 45.6 Å². The van der Waals surface area contributed by atoms with Crippen LogP contribution in [0, 0.1) is 0 Å². The van der Waals surface area contributed by atoms with Crippen LogP contribution in [0.25, 0.3) is 0 Å². The van der Waals surface area contributed by atoms with E-state index in [4.69, 9.17) is 5.11 Å². The summed E-state index contributed by atoms with van der Waals surface area (Å²) in [5.74, 6) is -1.31. The molecule has 0 fully saturated rings. The highest BCUT2D eigenvalue weighted by Crippen LogP contribution is 2.16. The van der Waals surface area contributed by atoms with Crippen molar-refractivity contribution in [2.45, 2.75) is 11.3 Å². The van der Waals surface area contributed by atoms with Crippen LogP contribution in [0.5, 0.6) is 0 Å². The van der Waals surface area contributed by atoms with Gasteiger partial charge >= 0.3 is 5.97 Å². The lowest BCUT2D eigenvalue weighted by Gasteiger charge is -1.98. The fourth-order valence-corrected chi connectivity index (χ4v) is 2.99. The van der Waals surface area contributed by atoms with Gasteiger partial charge in [-0.3, -0.25) is 9.59 Å². The lowest BCUT2D eigenvalue weighted by molar-refractivity contribution is -0.136. The lowest BCUT2D eigenvalue weighted by Crippen LogP contribution is -2.18. The molecule has 2 rings (SSSR count). The van der Waals surface area contributed by atoms with Gasteiger partial charge in [-0.25, -0.2) is 0 Å². The van der Waals surface area contributed by atoms with Gasteiger partial charge in [0.1, 0.15) is 0 Å². The molecule has 21 heavy (non-hydrogen) atoms. The zero-order valence-corrected chi connectivity index (χ0v) is 12.4. The van der Waals surface area contributed by atoms with Crippen molar-refractivity contribution in [3.8, 4) is 0 Å². The van der Waals surface area contributed by atoms with Gasteiger partial charge in [0, 0.05) is 10.3 Å². The minimum Gasteiger partial charge on any atom is -0.481 e. The largest absolute Gasteiger partial charge is 0.481 e. The molecule has 0 bridgehead atoms. The summed E-state index contributed by atoms with van der Waals surface area (Å²) >= 11 is 2.37. The maximum atomic E-state index is 11.7. The number of nitrogens with zero attached hydrogens (tertiary/aromatic N) is 2. The Bertz CT molecular complexity index is 706. The number of carboxylic acid groups (broad SMARTS) is 1. The van der Waals surface area contributed by atoms with Gasteiger partial charge in [0.25, 0.3) is 5.91 Å². The van der Waals surface area contributed by atoms with E-state index in [-0.39, 0.29) is 22.7 Å². The number of carbonyl (C=O) groups is 2. The molecule has 1 amide bonds. The average Bonchev–Trinajstić information content (AvgIpc) is 2.79. The Hall–Kier alpha value is -2.06. The quantitative estimate of drug-likeness (QED) is 0.644. The summed E-state index contributed by atoms with van der Waals surface area (Å²) in [6.07, 6.45) is -0.324. The molecule has 0 saturated carbocycles. The van der Waals surface area contributed by atoms with Gasteiger partial charge in [-0.1, -0.05) is 18.2 Å². The van der Waals surface area contributed by atoms with E-state index >= 15 is 0 Å². The number of benzene rings is 1. The van der Waals surface area contributed by atoms with E-state index in [1.54, 1.807) is 0 Å². The summed E-state index contributed by atoms with van der Waals surface area (Å²) < 4.78 is 0.643. The summed E-state index contributed by atoms with van der Waals surface area (Å²) in [6.45, 7) is 0. The number of hydrogen-bond acceptors (Lipinski definition) is 5. The minimum absolute atomic E-state index is 0.0740. The average molecular weight is 324 g/mol. The van der Waals surface area contributed by atoms with Crippen LogP contribution in [0.3, 0.4) is 0 Å². The van der Waals surface area contributed by atoms with Gasteiger partial charge in [0.15, 0.2) is 0 Å². The van der Waals surface area contributed by atoms with E-state index < -0.39 is 11.9 Å². The highest BCUT2D eigenvalue weighted by atomic mass is 32.2. The Labute approximate surface area is 128 Å². The second kappa shape index (κ2) is 7.09. The molecule has 0 unspecified atom stereocenters. The highest BCUT2D eigenvalue weighted by molar-refractivity contribution is 8.00. The molecule has 0 aliphatic heterocycles. The first kappa shape index (κ1) is 15.3. The third-order valence-corrected chi connectivity index (χ3v) is 4.27. The van der Waals surface area contributed by atoms with Crippen molar-refractivity contribution in [3.05, 3.63) is 46.2 Å². The van der Waals surface area contributed by atoms with E-state index in [1.807, 2.05) is 30.3 Å². The Morgan fingerprint density at radius 3 is 2.67 bits per heavy atom. The van der Waals surface area contributed by atoms with Crippen molar-refractivity contribution in [1.82, 2.24) is 4.73 Å². The minimum atomic E-state index is -1.06. The molecule has 6 nitrogen and oxygen atoms in total. The number of thioether (sulfide) groups is 1. The summed E-state index contributed by atoms with van der Waals surface area (Å²) in [4.78, 5) is 27.1. The molecule has 0 aliphatic rings. The number of carboxylic acids is 1. The highest BCUT2D eigenvalue weighted by Gasteiger charge is 2.09. The van der Waals surface area contributed by atoms with Crippen LogP contribution < -0.4 is 4.80 Å². The number of thiazole rings is 1. The molecule has 0 aliphatic carbocycles. The summed E-state index contributed by atoms with van der Waals surface area (Å²) in [5, 5.41) is 19.9. The third-order valence-electron chi connectivity index (χ3n) is 2.41. The van der Waals surface area contributed by atoms with Crippen LogP contribution in [0.4, 0.5) is 0 Å². The second-order valence-corrected chi connectivity index (χ2v) is 5.88. The third kappa shape index (κ3) is 4.47. The molecular weight excluding hydrogens is 312 g/mol. The van der Waals surface area contributed by atoms with Gasteiger partial charge in [-0.05, 0) is 12.1 Å². The topological polar surface area (TPSA) is 91.9 Å². The fraction of sp³-hybridized carbons (Fsp3) is 0.154. The Kier molecular flexibility index (Phi) is 5.18. The Morgan fingerprint density at radius 1 is 1.29 bits per heavy atom. The molecule has 8 heteroatoms. The first-order chi connectivity index (χ1) is 10.1. The fourth-order valence-electron chi connectivity index (χ4n) is 1.49. The number of amides is 1. The number of rotatable bonds is 5.